The van der Waals surface area contributed by atoms with Crippen LogP contribution in [0.2, 0.25) is 0 Å². The lowest BCUT2D eigenvalue weighted by molar-refractivity contribution is -0.148. The van der Waals surface area contributed by atoms with Crippen molar-refractivity contribution in [3.8, 4) is 12.3 Å². The van der Waals surface area contributed by atoms with Crippen LogP contribution in [-0.2, 0) is 9.53 Å². The minimum Gasteiger partial charge on any atom is -0.466 e. The van der Waals surface area contributed by atoms with E-state index in [0.29, 0.717) is 13.0 Å². The molecule has 0 aliphatic rings. The Morgan fingerprint density at radius 2 is 2.23 bits per heavy atom. The molecule has 0 aromatic heterocycles. The van der Waals surface area contributed by atoms with Crippen LogP contribution >= 0.6 is 0 Å². The van der Waals surface area contributed by atoms with Crippen molar-refractivity contribution in [2.24, 2.45) is 5.92 Å². The lowest BCUT2D eigenvalue weighted by Crippen LogP contribution is -2.17. The second-order valence-electron chi connectivity index (χ2n) is 3.00. The maximum absolute atomic E-state index is 11.3. The van der Waals surface area contributed by atoms with Gasteiger partial charge in [0.25, 0.3) is 0 Å². The summed E-state index contributed by atoms with van der Waals surface area (Å²) in [6, 6.07) is 0. The molecule has 0 aromatic rings. The van der Waals surface area contributed by atoms with Gasteiger partial charge in [-0.2, -0.15) is 0 Å². The van der Waals surface area contributed by atoms with E-state index in [1.807, 2.05) is 6.92 Å². The summed E-state index contributed by atoms with van der Waals surface area (Å²) < 4.78 is 4.92. The Morgan fingerprint density at radius 1 is 1.54 bits per heavy atom. The predicted molar refractivity (Wildman–Crippen MR) is 53.1 cm³/mol. The van der Waals surface area contributed by atoms with Gasteiger partial charge in [0, 0.05) is 6.42 Å². The Bertz CT molecular complexity index is 179. The monoisotopic (exact) mass is 182 g/mol. The Hall–Kier alpha value is -0.970. The standard InChI is InChI=1S/C11H18O2/c1-4-7-9-10(8-5-2)11(12)13-6-3/h2,10H,4,6-9H2,1,3H3. The lowest BCUT2D eigenvalue weighted by atomic mass is 9.99. The second-order valence-corrected chi connectivity index (χ2v) is 3.00. The van der Waals surface area contributed by atoms with Gasteiger partial charge < -0.3 is 4.74 Å². The van der Waals surface area contributed by atoms with Gasteiger partial charge >= 0.3 is 5.97 Å². The van der Waals surface area contributed by atoms with Gasteiger partial charge in [-0.15, -0.1) is 12.3 Å². The van der Waals surface area contributed by atoms with E-state index in [2.05, 4.69) is 12.8 Å². The number of ether oxygens (including phenoxy) is 1. The molecule has 13 heavy (non-hydrogen) atoms. The van der Waals surface area contributed by atoms with Crippen LogP contribution in [-0.4, -0.2) is 12.6 Å². The highest BCUT2D eigenvalue weighted by atomic mass is 16.5. The van der Waals surface area contributed by atoms with E-state index < -0.39 is 0 Å². The first-order chi connectivity index (χ1) is 6.26. The van der Waals surface area contributed by atoms with Gasteiger partial charge in [-0.3, -0.25) is 4.79 Å². The molecule has 0 fully saturated rings. The van der Waals surface area contributed by atoms with E-state index in [9.17, 15) is 4.79 Å². The molecule has 1 atom stereocenters. The molecule has 0 N–H and O–H groups in total. The van der Waals surface area contributed by atoms with E-state index in [4.69, 9.17) is 11.2 Å². The molecular weight excluding hydrogens is 164 g/mol. The van der Waals surface area contributed by atoms with E-state index >= 15 is 0 Å². The fourth-order valence-corrected chi connectivity index (χ4v) is 1.16. The van der Waals surface area contributed by atoms with Crippen molar-refractivity contribution in [1.82, 2.24) is 0 Å². The molecule has 0 spiro atoms. The van der Waals surface area contributed by atoms with Crippen LogP contribution in [0.15, 0.2) is 0 Å². The molecule has 2 nitrogen and oxygen atoms in total. The van der Waals surface area contributed by atoms with Crippen LogP contribution in [0.5, 0.6) is 0 Å². The molecule has 0 bridgehead atoms. The molecular formula is C11H18O2. The third-order valence-electron chi connectivity index (χ3n) is 1.89. The number of rotatable bonds is 6. The third kappa shape index (κ3) is 5.30. The molecule has 0 saturated carbocycles. The zero-order chi connectivity index (χ0) is 10.1. The number of terminal acetylenes is 1. The molecule has 0 heterocycles. The van der Waals surface area contributed by atoms with Gasteiger partial charge in [-0.25, -0.2) is 0 Å². The summed E-state index contributed by atoms with van der Waals surface area (Å²) in [5, 5.41) is 0. The summed E-state index contributed by atoms with van der Waals surface area (Å²) in [4.78, 5) is 11.3. The molecule has 0 saturated heterocycles. The summed E-state index contributed by atoms with van der Waals surface area (Å²) in [5.41, 5.74) is 0. The maximum atomic E-state index is 11.3. The predicted octanol–water partition coefficient (Wildman–Crippen LogP) is 2.38. The van der Waals surface area contributed by atoms with Crippen molar-refractivity contribution in [2.75, 3.05) is 6.61 Å². The number of hydrogen-bond donors (Lipinski definition) is 0. The van der Waals surface area contributed by atoms with E-state index in [0.717, 1.165) is 19.3 Å². The van der Waals surface area contributed by atoms with Crippen LogP contribution in [0.1, 0.15) is 39.5 Å². The summed E-state index contributed by atoms with van der Waals surface area (Å²) in [6.45, 7) is 4.34. The number of unbranched alkanes of at least 4 members (excludes halogenated alkanes) is 1. The van der Waals surface area contributed by atoms with Crippen LogP contribution < -0.4 is 0 Å². The Balaban J connectivity index is 3.92. The highest BCUT2D eigenvalue weighted by molar-refractivity contribution is 5.72. The van der Waals surface area contributed by atoms with Crippen LogP contribution in [0.4, 0.5) is 0 Å². The first-order valence-corrected chi connectivity index (χ1v) is 4.86. The highest BCUT2D eigenvalue weighted by Crippen LogP contribution is 2.13. The first-order valence-electron chi connectivity index (χ1n) is 4.86. The Labute approximate surface area is 80.7 Å². The van der Waals surface area contributed by atoms with Crippen molar-refractivity contribution in [1.29, 1.82) is 0 Å². The minimum atomic E-state index is -0.145. The SMILES string of the molecule is C#CCC(CCCC)C(=O)OCC. The average molecular weight is 182 g/mol. The van der Waals surface area contributed by atoms with Gasteiger partial charge in [-0.05, 0) is 13.3 Å². The van der Waals surface area contributed by atoms with Gasteiger partial charge in [0.15, 0.2) is 0 Å². The Kier molecular flexibility index (Phi) is 7.10. The molecule has 1 unspecified atom stereocenters. The average Bonchev–Trinajstić information content (AvgIpc) is 2.12. The fourth-order valence-electron chi connectivity index (χ4n) is 1.16. The number of carbonyl (C=O) groups is 1. The minimum absolute atomic E-state index is 0.0927. The van der Waals surface area contributed by atoms with Gasteiger partial charge in [0.1, 0.15) is 0 Å². The quantitative estimate of drug-likeness (QED) is 0.465. The summed E-state index contributed by atoms with van der Waals surface area (Å²) in [5.74, 6) is 2.28. The molecule has 0 amide bonds. The first kappa shape index (κ1) is 12.0. The summed E-state index contributed by atoms with van der Waals surface area (Å²) in [7, 11) is 0. The van der Waals surface area contributed by atoms with Crippen molar-refractivity contribution in [3.05, 3.63) is 0 Å². The Morgan fingerprint density at radius 3 is 2.69 bits per heavy atom. The lowest BCUT2D eigenvalue weighted by Gasteiger charge is -2.11. The summed E-state index contributed by atoms with van der Waals surface area (Å²) >= 11 is 0. The zero-order valence-electron chi connectivity index (χ0n) is 8.51. The second kappa shape index (κ2) is 7.67. The molecule has 0 rings (SSSR count). The maximum Gasteiger partial charge on any atom is 0.309 e. The van der Waals surface area contributed by atoms with Crippen molar-refractivity contribution in [3.63, 3.8) is 0 Å². The van der Waals surface area contributed by atoms with Crippen molar-refractivity contribution in [2.45, 2.75) is 39.5 Å². The molecule has 2 heteroatoms. The number of esters is 1. The number of carbonyl (C=O) groups excluding carboxylic acids is 1. The molecule has 0 aliphatic carbocycles. The van der Waals surface area contributed by atoms with E-state index in [1.165, 1.54) is 0 Å². The number of hydrogen-bond acceptors (Lipinski definition) is 2. The van der Waals surface area contributed by atoms with Crippen molar-refractivity contribution >= 4 is 5.97 Å². The molecule has 0 aliphatic heterocycles. The fraction of sp³-hybridized carbons (Fsp3) is 0.727. The van der Waals surface area contributed by atoms with Crippen LogP contribution in [0, 0.1) is 18.3 Å². The summed E-state index contributed by atoms with van der Waals surface area (Å²) in [6.07, 6.45) is 8.64. The van der Waals surface area contributed by atoms with Gasteiger partial charge in [0.2, 0.25) is 0 Å². The highest BCUT2D eigenvalue weighted by Gasteiger charge is 2.17. The normalized spacial score (nSPS) is 11.8. The van der Waals surface area contributed by atoms with Crippen molar-refractivity contribution < 1.29 is 9.53 Å². The van der Waals surface area contributed by atoms with E-state index in [1.54, 1.807) is 0 Å². The third-order valence-corrected chi connectivity index (χ3v) is 1.89. The van der Waals surface area contributed by atoms with E-state index in [-0.39, 0.29) is 11.9 Å². The van der Waals surface area contributed by atoms with Gasteiger partial charge in [0.05, 0.1) is 12.5 Å². The molecule has 0 aromatic carbocycles. The topological polar surface area (TPSA) is 26.3 Å². The molecule has 74 valence electrons. The van der Waals surface area contributed by atoms with Crippen LogP contribution in [0.3, 0.4) is 0 Å². The van der Waals surface area contributed by atoms with Crippen LogP contribution in [0.25, 0.3) is 0 Å². The molecule has 0 radical (unpaired) electrons. The smallest absolute Gasteiger partial charge is 0.309 e. The van der Waals surface area contributed by atoms with Gasteiger partial charge in [-0.1, -0.05) is 19.8 Å². The zero-order valence-corrected chi connectivity index (χ0v) is 8.51. The largest absolute Gasteiger partial charge is 0.466 e.